The smallest absolute Gasteiger partial charge is 0.0464 e. The third kappa shape index (κ3) is 3.93. The summed E-state index contributed by atoms with van der Waals surface area (Å²) >= 11 is 0. The van der Waals surface area contributed by atoms with Crippen molar-refractivity contribution in [2.75, 3.05) is 5.32 Å². The fraction of sp³-hybridized carbons (Fsp3) is 0.308. The van der Waals surface area contributed by atoms with Gasteiger partial charge in [-0.1, -0.05) is 67.4 Å². The molecule has 0 atom stereocenters. The lowest BCUT2D eigenvalue weighted by molar-refractivity contribution is 1.08. The Kier molecular flexibility index (Phi) is 5.70. The molecule has 0 aromatic heterocycles. The molecule has 27 heavy (non-hydrogen) atoms. The molecule has 140 valence electrons. The van der Waals surface area contributed by atoms with Crippen molar-refractivity contribution >= 4 is 11.4 Å². The van der Waals surface area contributed by atoms with E-state index in [-0.39, 0.29) is 0 Å². The average molecular weight is 358 g/mol. The van der Waals surface area contributed by atoms with Crippen molar-refractivity contribution in [3.05, 3.63) is 81.9 Å². The van der Waals surface area contributed by atoms with Crippen LogP contribution in [0.25, 0.3) is 11.1 Å². The second kappa shape index (κ2) is 8.00. The predicted octanol–water partition coefficient (Wildman–Crippen LogP) is 7.46. The van der Waals surface area contributed by atoms with Gasteiger partial charge in [-0.05, 0) is 74.4 Å². The third-order valence-electron chi connectivity index (χ3n) is 5.34. The summed E-state index contributed by atoms with van der Waals surface area (Å²) in [6.45, 7) is 13.2. The fourth-order valence-corrected chi connectivity index (χ4v) is 4.17. The van der Waals surface area contributed by atoms with Crippen molar-refractivity contribution in [3.63, 3.8) is 0 Å². The van der Waals surface area contributed by atoms with E-state index >= 15 is 0 Å². The van der Waals surface area contributed by atoms with E-state index < -0.39 is 0 Å². The van der Waals surface area contributed by atoms with Gasteiger partial charge in [-0.25, -0.2) is 0 Å². The van der Waals surface area contributed by atoms with Crippen LogP contribution >= 0.6 is 0 Å². The van der Waals surface area contributed by atoms with Gasteiger partial charge in [-0.15, -0.1) is 0 Å². The number of nitrogens with one attached hydrogen (secondary N) is 1. The van der Waals surface area contributed by atoms with E-state index in [4.69, 9.17) is 0 Å². The number of hydrogen-bond acceptors (Lipinski definition) is 1. The molecule has 0 bridgehead atoms. The van der Waals surface area contributed by atoms with Gasteiger partial charge in [0.1, 0.15) is 0 Å². The highest BCUT2D eigenvalue weighted by Gasteiger charge is 2.15. The van der Waals surface area contributed by atoms with E-state index in [0.29, 0.717) is 0 Å². The van der Waals surface area contributed by atoms with Crippen LogP contribution in [0, 0.1) is 27.7 Å². The molecule has 3 aromatic carbocycles. The van der Waals surface area contributed by atoms with Crippen molar-refractivity contribution in [2.24, 2.45) is 0 Å². The normalized spacial score (nSPS) is 10.9. The van der Waals surface area contributed by atoms with Gasteiger partial charge in [0.15, 0.2) is 0 Å². The maximum absolute atomic E-state index is 3.75. The average Bonchev–Trinajstić information content (AvgIpc) is 2.64. The lowest BCUT2D eigenvalue weighted by atomic mass is 9.89. The first-order valence-corrected chi connectivity index (χ1v) is 10.0. The van der Waals surface area contributed by atoms with Crippen LogP contribution in [-0.2, 0) is 12.8 Å². The number of para-hydroxylation sites is 1. The van der Waals surface area contributed by atoms with Crippen molar-refractivity contribution < 1.29 is 0 Å². The summed E-state index contributed by atoms with van der Waals surface area (Å²) in [7, 11) is 0. The minimum Gasteiger partial charge on any atom is -0.355 e. The van der Waals surface area contributed by atoms with Crippen LogP contribution < -0.4 is 5.32 Å². The highest BCUT2D eigenvalue weighted by molar-refractivity contribution is 5.85. The minimum atomic E-state index is 1.04. The van der Waals surface area contributed by atoms with E-state index in [2.05, 4.69) is 95.4 Å². The Morgan fingerprint density at radius 3 is 1.78 bits per heavy atom. The molecule has 0 heterocycles. The van der Waals surface area contributed by atoms with Crippen molar-refractivity contribution in [2.45, 2.75) is 54.4 Å². The van der Waals surface area contributed by atoms with Crippen LogP contribution in [0.15, 0.2) is 48.5 Å². The van der Waals surface area contributed by atoms with Gasteiger partial charge in [-0.3, -0.25) is 0 Å². The van der Waals surface area contributed by atoms with Gasteiger partial charge in [0.25, 0.3) is 0 Å². The Morgan fingerprint density at radius 2 is 1.22 bits per heavy atom. The van der Waals surface area contributed by atoms with Crippen LogP contribution in [-0.4, -0.2) is 0 Å². The van der Waals surface area contributed by atoms with Crippen LogP contribution in [0.4, 0.5) is 11.4 Å². The van der Waals surface area contributed by atoms with Crippen LogP contribution in [0.2, 0.25) is 0 Å². The largest absolute Gasteiger partial charge is 0.355 e. The van der Waals surface area contributed by atoms with Crippen LogP contribution in [0.1, 0.15) is 47.2 Å². The Bertz CT molecular complexity index is 918. The second-order valence-corrected chi connectivity index (χ2v) is 7.61. The van der Waals surface area contributed by atoms with E-state index in [1.54, 1.807) is 0 Å². The lowest BCUT2D eigenvalue weighted by Crippen LogP contribution is -2.02. The summed E-state index contributed by atoms with van der Waals surface area (Å²) in [5.74, 6) is 0. The first kappa shape index (κ1) is 19.2. The molecule has 0 saturated carbocycles. The van der Waals surface area contributed by atoms with Gasteiger partial charge < -0.3 is 5.32 Å². The van der Waals surface area contributed by atoms with Gasteiger partial charge in [0, 0.05) is 16.9 Å². The molecule has 3 rings (SSSR count). The van der Waals surface area contributed by atoms with Crippen LogP contribution in [0.5, 0.6) is 0 Å². The van der Waals surface area contributed by atoms with Gasteiger partial charge >= 0.3 is 0 Å². The van der Waals surface area contributed by atoms with E-state index in [0.717, 1.165) is 12.8 Å². The number of benzene rings is 3. The zero-order valence-electron chi connectivity index (χ0n) is 17.5. The monoisotopic (exact) mass is 357 g/mol. The standard InChI is InChI=1S/C26H31N/c1-7-21-15-18(4)16-22(8-2)25(21)23-11-9-10-12-24(23)27-26-19(5)13-17(3)14-20(26)6/h9-16,27H,7-8H2,1-6H3. The molecule has 0 radical (unpaired) electrons. The van der Waals surface area contributed by atoms with Gasteiger partial charge in [-0.2, -0.15) is 0 Å². The highest BCUT2D eigenvalue weighted by atomic mass is 14.9. The summed E-state index contributed by atoms with van der Waals surface area (Å²) in [6, 6.07) is 17.9. The molecule has 1 nitrogen and oxygen atoms in total. The fourth-order valence-electron chi connectivity index (χ4n) is 4.17. The Labute approximate surface area is 164 Å². The van der Waals surface area contributed by atoms with Crippen molar-refractivity contribution in [1.82, 2.24) is 0 Å². The second-order valence-electron chi connectivity index (χ2n) is 7.61. The molecule has 0 spiro atoms. The first-order valence-electron chi connectivity index (χ1n) is 10.0. The van der Waals surface area contributed by atoms with E-state index in [1.165, 1.54) is 55.9 Å². The topological polar surface area (TPSA) is 12.0 Å². The summed E-state index contributed by atoms with van der Waals surface area (Å²) in [5, 5.41) is 3.75. The first-order chi connectivity index (χ1) is 12.9. The highest BCUT2D eigenvalue weighted by Crippen LogP contribution is 2.37. The molecule has 0 unspecified atom stereocenters. The number of rotatable bonds is 5. The maximum atomic E-state index is 3.75. The lowest BCUT2D eigenvalue weighted by Gasteiger charge is -2.21. The summed E-state index contributed by atoms with van der Waals surface area (Å²) in [6.07, 6.45) is 2.09. The molecule has 0 saturated heterocycles. The third-order valence-corrected chi connectivity index (χ3v) is 5.34. The number of aryl methyl sites for hydroxylation is 6. The Morgan fingerprint density at radius 1 is 0.704 bits per heavy atom. The Hall–Kier alpha value is -2.54. The molecular formula is C26H31N. The zero-order chi connectivity index (χ0) is 19.6. The molecule has 1 heteroatoms. The molecule has 0 amide bonds. The molecule has 0 fully saturated rings. The molecular weight excluding hydrogens is 326 g/mol. The van der Waals surface area contributed by atoms with Crippen molar-refractivity contribution in [3.8, 4) is 11.1 Å². The number of anilines is 2. The van der Waals surface area contributed by atoms with E-state index in [1.807, 2.05) is 0 Å². The number of hydrogen-bond donors (Lipinski definition) is 1. The molecule has 3 aromatic rings. The quantitative estimate of drug-likeness (QED) is 0.500. The summed E-state index contributed by atoms with van der Waals surface area (Å²) in [4.78, 5) is 0. The van der Waals surface area contributed by atoms with Crippen molar-refractivity contribution in [1.29, 1.82) is 0 Å². The molecule has 0 aliphatic heterocycles. The Balaban J connectivity index is 2.17. The minimum absolute atomic E-state index is 1.04. The SMILES string of the molecule is CCc1cc(C)cc(CC)c1-c1ccccc1Nc1c(C)cc(C)cc1C. The molecule has 0 aliphatic carbocycles. The van der Waals surface area contributed by atoms with Crippen LogP contribution in [0.3, 0.4) is 0 Å². The maximum Gasteiger partial charge on any atom is 0.0464 e. The zero-order valence-corrected chi connectivity index (χ0v) is 17.5. The summed E-state index contributed by atoms with van der Waals surface area (Å²) in [5.41, 5.74) is 13.2. The van der Waals surface area contributed by atoms with E-state index in [9.17, 15) is 0 Å². The van der Waals surface area contributed by atoms with Gasteiger partial charge in [0.05, 0.1) is 0 Å². The summed E-state index contributed by atoms with van der Waals surface area (Å²) < 4.78 is 0. The molecule has 1 N–H and O–H groups in total. The van der Waals surface area contributed by atoms with Gasteiger partial charge in [0.2, 0.25) is 0 Å². The predicted molar refractivity (Wildman–Crippen MR) is 119 cm³/mol. The molecule has 0 aliphatic rings.